The summed E-state index contributed by atoms with van der Waals surface area (Å²) < 4.78 is 6.35. The van der Waals surface area contributed by atoms with Crippen molar-refractivity contribution < 1.29 is 29.0 Å². The van der Waals surface area contributed by atoms with Crippen molar-refractivity contribution in [2.75, 3.05) is 19.0 Å². The minimum atomic E-state index is -0.879. The van der Waals surface area contributed by atoms with Crippen molar-refractivity contribution in [3.05, 3.63) is 53.5 Å². The highest BCUT2D eigenvalue weighted by Crippen LogP contribution is 2.40. The lowest BCUT2D eigenvalue weighted by molar-refractivity contribution is -0.152. The Kier molecular flexibility index (Phi) is 6.28. The third-order valence-corrected chi connectivity index (χ3v) is 6.21. The maximum atomic E-state index is 12.7. The average molecular weight is 458 g/mol. The molecule has 166 valence electrons. The summed E-state index contributed by atoms with van der Waals surface area (Å²) in [5.41, 5.74) is 0.613. The van der Waals surface area contributed by atoms with Crippen LogP contribution in [0, 0.1) is 0 Å². The lowest BCUT2D eigenvalue weighted by Crippen LogP contribution is -2.70. The van der Waals surface area contributed by atoms with Gasteiger partial charge in [-0.15, -0.1) is 16.9 Å². The number of thioether (sulfide) groups is 1. The van der Waals surface area contributed by atoms with Crippen LogP contribution in [0.3, 0.4) is 0 Å². The minimum absolute atomic E-state index is 0.0897. The van der Waals surface area contributed by atoms with Gasteiger partial charge in [0.2, 0.25) is 5.91 Å². The number of aliphatic hydroxyl groups is 1. The van der Waals surface area contributed by atoms with Crippen molar-refractivity contribution in [2.24, 2.45) is 0 Å². The number of aliphatic hydroxyl groups excluding tert-OH is 1. The van der Waals surface area contributed by atoms with Crippen LogP contribution in [-0.2, 0) is 25.7 Å². The number of hydrogen-bond donors (Lipinski definition) is 2. The molecule has 1 saturated heterocycles. The van der Waals surface area contributed by atoms with Crippen LogP contribution in [0.25, 0.3) is 0 Å². The number of Topliss-reactive ketones (excluding diaryl/α,β-unsaturated/α-hetero) is 1. The molecule has 3 heterocycles. The summed E-state index contributed by atoms with van der Waals surface area (Å²) >= 11 is 1.30. The number of hydrogen-bond acceptors (Lipinski definition) is 10. The number of nitrogens with one attached hydrogen (secondary N) is 1. The molecule has 0 saturated carbocycles. The second-order valence-corrected chi connectivity index (χ2v) is 8.04. The van der Waals surface area contributed by atoms with E-state index >= 15 is 0 Å². The Hall–Kier alpha value is -3.58. The lowest BCUT2D eigenvalue weighted by atomic mass is 10.0. The summed E-state index contributed by atoms with van der Waals surface area (Å²) in [6, 6.07) is 7.49. The van der Waals surface area contributed by atoms with Crippen LogP contribution in [0.1, 0.15) is 10.4 Å². The van der Waals surface area contributed by atoms with Gasteiger partial charge in [0.25, 0.3) is 5.91 Å². The molecule has 13 heteroatoms. The molecule has 2 aliphatic heterocycles. The first-order valence-corrected chi connectivity index (χ1v) is 10.6. The molecular weight excluding hydrogens is 440 g/mol. The van der Waals surface area contributed by atoms with E-state index in [1.165, 1.54) is 27.7 Å². The summed E-state index contributed by atoms with van der Waals surface area (Å²) in [6.45, 7) is -1.11. The molecule has 1 fully saturated rings. The van der Waals surface area contributed by atoms with Crippen LogP contribution >= 0.6 is 11.8 Å². The van der Waals surface area contributed by atoms with E-state index in [9.17, 15) is 24.3 Å². The van der Waals surface area contributed by atoms with Gasteiger partial charge in [-0.2, -0.15) is 0 Å². The second kappa shape index (κ2) is 9.28. The molecule has 1 aromatic carbocycles. The number of benzene rings is 1. The Morgan fingerprint density at radius 3 is 2.72 bits per heavy atom. The zero-order valence-corrected chi connectivity index (χ0v) is 17.4. The van der Waals surface area contributed by atoms with Gasteiger partial charge in [-0.1, -0.05) is 30.3 Å². The van der Waals surface area contributed by atoms with Gasteiger partial charge in [0.1, 0.15) is 30.0 Å². The largest absolute Gasteiger partial charge is 0.453 e. The Morgan fingerprint density at radius 2 is 2.03 bits per heavy atom. The summed E-state index contributed by atoms with van der Waals surface area (Å²) in [4.78, 5) is 51.1. The number of ketones is 1. The summed E-state index contributed by atoms with van der Waals surface area (Å²) in [5.74, 6) is -1.99. The molecule has 4 rings (SSSR count). The van der Waals surface area contributed by atoms with Crippen molar-refractivity contribution in [3.8, 4) is 0 Å². The van der Waals surface area contributed by atoms with Gasteiger partial charge < -0.3 is 15.2 Å². The molecule has 0 unspecified atom stereocenters. The zero-order chi connectivity index (χ0) is 22.7. The minimum Gasteiger partial charge on any atom is -0.453 e. The molecule has 2 aliphatic rings. The highest BCUT2D eigenvalue weighted by molar-refractivity contribution is 8.00. The predicted octanol–water partition coefficient (Wildman–Crippen LogP) is -1.25. The normalized spacial score (nSPS) is 19.8. The summed E-state index contributed by atoms with van der Waals surface area (Å²) in [5, 5.41) is 22.2. The topological polar surface area (TPSA) is 157 Å². The van der Waals surface area contributed by atoms with Crippen molar-refractivity contribution >= 4 is 35.3 Å². The number of ether oxygens (including phenoxy) is 1. The lowest BCUT2D eigenvalue weighted by Gasteiger charge is -2.49. The van der Waals surface area contributed by atoms with E-state index < -0.39 is 48.2 Å². The van der Waals surface area contributed by atoms with Gasteiger partial charge in [-0.25, -0.2) is 9.48 Å². The molecular formula is C19H18N6O6S. The first kappa shape index (κ1) is 21.6. The van der Waals surface area contributed by atoms with E-state index in [2.05, 4.69) is 20.8 Å². The van der Waals surface area contributed by atoms with Gasteiger partial charge >= 0.3 is 5.97 Å². The smallest absolute Gasteiger partial charge is 0.355 e. The standard InChI is InChI=1S/C19H18N6O6S/c26-7-12-9-32-18-15(21-14(28)6-24-10-20-22-23-24)17(29)25(18)16(12)19(30)31-8-13(27)11-4-2-1-3-5-11/h1-5,10,15,18,26H,6-9H2,(H,21,28)/t15-,18+/m0/s1. The molecule has 2 amide bonds. The quantitative estimate of drug-likeness (QED) is 0.278. The molecule has 2 N–H and O–H groups in total. The molecule has 0 radical (unpaired) electrons. The second-order valence-electron chi connectivity index (χ2n) is 6.94. The molecule has 1 aromatic heterocycles. The number of tetrazole rings is 1. The molecule has 0 aliphatic carbocycles. The predicted molar refractivity (Wildman–Crippen MR) is 109 cm³/mol. The van der Waals surface area contributed by atoms with Crippen LogP contribution in [0.5, 0.6) is 0 Å². The number of β-lactam (4-membered cyclic amide) rings is 1. The summed E-state index contributed by atoms with van der Waals surface area (Å²) in [6.07, 6.45) is 1.27. The van der Waals surface area contributed by atoms with Gasteiger partial charge in [0.15, 0.2) is 12.4 Å². The van der Waals surface area contributed by atoms with Crippen LogP contribution in [-0.4, -0.2) is 84.2 Å². The van der Waals surface area contributed by atoms with Crippen molar-refractivity contribution in [1.29, 1.82) is 0 Å². The van der Waals surface area contributed by atoms with Gasteiger partial charge in [0, 0.05) is 11.3 Å². The van der Waals surface area contributed by atoms with Crippen LogP contribution in [0.4, 0.5) is 0 Å². The molecule has 0 spiro atoms. The SMILES string of the molecule is O=C(Cn1cnnn1)N[C@H]1C(=O)N2C(C(=O)OCC(=O)c3ccccc3)=C(CO)CS[C@H]12. The fourth-order valence-corrected chi connectivity index (χ4v) is 4.65. The Balaban J connectivity index is 1.41. The summed E-state index contributed by atoms with van der Waals surface area (Å²) in [7, 11) is 0. The Bertz CT molecular complexity index is 1070. The molecule has 2 atom stereocenters. The fraction of sp³-hybridized carbons (Fsp3) is 0.316. The average Bonchev–Trinajstić information content (AvgIpc) is 3.33. The highest BCUT2D eigenvalue weighted by atomic mass is 32.2. The fourth-order valence-electron chi connectivity index (χ4n) is 3.32. The maximum absolute atomic E-state index is 12.7. The number of amides is 2. The number of nitrogens with zero attached hydrogens (tertiary/aromatic N) is 5. The van der Waals surface area contributed by atoms with E-state index in [-0.39, 0.29) is 18.0 Å². The van der Waals surface area contributed by atoms with Crippen molar-refractivity contribution in [3.63, 3.8) is 0 Å². The highest BCUT2D eigenvalue weighted by Gasteiger charge is 2.54. The maximum Gasteiger partial charge on any atom is 0.355 e. The van der Waals surface area contributed by atoms with E-state index in [0.717, 1.165) is 0 Å². The Morgan fingerprint density at radius 1 is 1.25 bits per heavy atom. The molecule has 32 heavy (non-hydrogen) atoms. The molecule has 2 aromatic rings. The van der Waals surface area contributed by atoms with E-state index in [1.807, 2.05) is 0 Å². The van der Waals surface area contributed by atoms with Crippen molar-refractivity contribution in [1.82, 2.24) is 30.4 Å². The van der Waals surface area contributed by atoms with E-state index in [0.29, 0.717) is 11.1 Å². The van der Waals surface area contributed by atoms with Gasteiger partial charge in [-0.3, -0.25) is 19.3 Å². The Labute approximate surface area is 185 Å². The van der Waals surface area contributed by atoms with Gasteiger partial charge in [-0.05, 0) is 16.0 Å². The van der Waals surface area contributed by atoms with Crippen molar-refractivity contribution in [2.45, 2.75) is 18.0 Å². The monoisotopic (exact) mass is 458 g/mol. The number of fused-ring (bicyclic) bond motifs is 1. The first-order chi connectivity index (χ1) is 15.5. The van der Waals surface area contributed by atoms with E-state index in [4.69, 9.17) is 4.74 Å². The number of carbonyl (C=O) groups excluding carboxylic acids is 4. The number of aromatic nitrogens is 4. The van der Waals surface area contributed by atoms with Gasteiger partial charge in [0.05, 0.1) is 6.61 Å². The van der Waals surface area contributed by atoms with Crippen LogP contribution in [0.2, 0.25) is 0 Å². The first-order valence-electron chi connectivity index (χ1n) is 9.52. The van der Waals surface area contributed by atoms with Crippen LogP contribution < -0.4 is 5.32 Å². The number of rotatable bonds is 8. The third kappa shape index (κ3) is 4.24. The third-order valence-electron chi connectivity index (χ3n) is 4.88. The van der Waals surface area contributed by atoms with Crippen LogP contribution in [0.15, 0.2) is 47.9 Å². The zero-order valence-electron chi connectivity index (χ0n) is 16.6. The number of carbonyl (C=O) groups is 4. The molecule has 0 bridgehead atoms. The van der Waals surface area contributed by atoms with E-state index in [1.54, 1.807) is 30.3 Å². The molecule has 12 nitrogen and oxygen atoms in total. The number of esters is 1.